The number of likely N-dealkylation sites (tertiary alicyclic amines) is 1. The van der Waals surface area contributed by atoms with E-state index in [9.17, 15) is 0 Å². The van der Waals surface area contributed by atoms with Crippen molar-refractivity contribution in [2.24, 2.45) is 0 Å². The van der Waals surface area contributed by atoms with Crippen molar-refractivity contribution in [2.45, 2.75) is 18.5 Å². The van der Waals surface area contributed by atoms with Crippen molar-refractivity contribution in [2.75, 3.05) is 34.2 Å². The molecule has 0 amide bonds. The van der Waals surface area contributed by atoms with Crippen LogP contribution in [0.15, 0.2) is 0 Å². The van der Waals surface area contributed by atoms with Crippen LogP contribution < -0.4 is 10.6 Å². The second kappa shape index (κ2) is 4.04. The minimum absolute atomic E-state index is 0.659. The topological polar surface area (TPSA) is 27.3 Å². The molecule has 66 valence electrons. The smallest absolute Gasteiger partial charge is 0.0207 e. The van der Waals surface area contributed by atoms with Crippen molar-refractivity contribution in [3.8, 4) is 0 Å². The molecule has 2 atom stereocenters. The molecular weight excluding hydrogens is 138 g/mol. The van der Waals surface area contributed by atoms with Crippen molar-refractivity contribution < 1.29 is 0 Å². The zero-order valence-electron chi connectivity index (χ0n) is 7.72. The molecule has 1 fully saturated rings. The number of rotatable bonds is 2. The van der Waals surface area contributed by atoms with Crippen molar-refractivity contribution >= 4 is 0 Å². The summed E-state index contributed by atoms with van der Waals surface area (Å²) in [6, 6.07) is 1.32. The number of hydrogen-bond acceptors (Lipinski definition) is 3. The monoisotopic (exact) mass is 157 g/mol. The molecule has 1 heterocycles. The molecule has 0 unspecified atom stereocenters. The third kappa shape index (κ3) is 2.43. The Balaban J connectivity index is 2.37. The van der Waals surface area contributed by atoms with Gasteiger partial charge in [-0.05, 0) is 27.6 Å². The molecule has 2 N–H and O–H groups in total. The lowest BCUT2D eigenvalue weighted by Crippen LogP contribution is -2.52. The Bertz CT molecular complexity index is 104. The van der Waals surface area contributed by atoms with Crippen molar-refractivity contribution in [3.63, 3.8) is 0 Å². The lowest BCUT2D eigenvalue weighted by Gasteiger charge is -2.35. The van der Waals surface area contributed by atoms with Gasteiger partial charge < -0.3 is 15.5 Å². The van der Waals surface area contributed by atoms with Gasteiger partial charge in [-0.1, -0.05) is 0 Å². The molecular formula is C8H19N3. The van der Waals surface area contributed by atoms with Gasteiger partial charge in [-0.15, -0.1) is 0 Å². The summed E-state index contributed by atoms with van der Waals surface area (Å²) in [6.07, 6.45) is 1.25. The molecule has 3 heteroatoms. The Morgan fingerprint density at radius 2 is 1.55 bits per heavy atom. The fraction of sp³-hybridized carbons (Fsp3) is 1.00. The van der Waals surface area contributed by atoms with Crippen LogP contribution in [0, 0.1) is 0 Å². The van der Waals surface area contributed by atoms with E-state index in [1.165, 1.54) is 19.5 Å². The average molecular weight is 157 g/mol. The first-order chi connectivity index (χ1) is 5.26. The molecule has 0 aliphatic carbocycles. The van der Waals surface area contributed by atoms with Crippen LogP contribution in [0.5, 0.6) is 0 Å². The maximum absolute atomic E-state index is 3.32. The fourth-order valence-corrected chi connectivity index (χ4v) is 1.74. The van der Waals surface area contributed by atoms with Gasteiger partial charge in [0.15, 0.2) is 0 Å². The molecule has 1 aliphatic heterocycles. The SMILES string of the molecule is CN[C@@H]1C[C@H](NC)CN(C)C1. The predicted octanol–water partition coefficient (Wildman–Crippen LogP) is -0.502. The van der Waals surface area contributed by atoms with Gasteiger partial charge in [-0.3, -0.25) is 0 Å². The Morgan fingerprint density at radius 3 is 1.91 bits per heavy atom. The van der Waals surface area contributed by atoms with Crippen LogP contribution in [0.3, 0.4) is 0 Å². The summed E-state index contributed by atoms with van der Waals surface area (Å²) in [7, 11) is 6.25. The summed E-state index contributed by atoms with van der Waals surface area (Å²) >= 11 is 0. The van der Waals surface area contributed by atoms with Gasteiger partial charge in [0.05, 0.1) is 0 Å². The van der Waals surface area contributed by atoms with Crippen LogP contribution in [-0.4, -0.2) is 51.2 Å². The first-order valence-corrected chi connectivity index (χ1v) is 4.29. The third-order valence-electron chi connectivity index (χ3n) is 2.45. The summed E-state index contributed by atoms with van der Waals surface area (Å²) < 4.78 is 0. The predicted molar refractivity (Wildman–Crippen MR) is 47.8 cm³/mol. The molecule has 0 aromatic heterocycles. The van der Waals surface area contributed by atoms with E-state index in [-0.39, 0.29) is 0 Å². The highest BCUT2D eigenvalue weighted by Crippen LogP contribution is 2.07. The van der Waals surface area contributed by atoms with E-state index in [2.05, 4.69) is 22.6 Å². The summed E-state index contributed by atoms with van der Waals surface area (Å²) in [5.41, 5.74) is 0. The Kier molecular flexibility index (Phi) is 3.30. The first kappa shape index (κ1) is 8.97. The molecule has 0 saturated carbocycles. The molecule has 0 bridgehead atoms. The molecule has 0 spiro atoms. The third-order valence-corrected chi connectivity index (χ3v) is 2.45. The van der Waals surface area contributed by atoms with Crippen LogP contribution in [0.2, 0.25) is 0 Å². The molecule has 11 heavy (non-hydrogen) atoms. The van der Waals surface area contributed by atoms with Crippen LogP contribution >= 0.6 is 0 Å². The summed E-state index contributed by atoms with van der Waals surface area (Å²) in [5, 5.41) is 6.63. The number of hydrogen-bond donors (Lipinski definition) is 2. The molecule has 1 saturated heterocycles. The molecule has 3 nitrogen and oxygen atoms in total. The van der Waals surface area contributed by atoms with Gasteiger partial charge in [0.25, 0.3) is 0 Å². The van der Waals surface area contributed by atoms with Gasteiger partial charge in [0, 0.05) is 25.2 Å². The largest absolute Gasteiger partial charge is 0.316 e. The first-order valence-electron chi connectivity index (χ1n) is 4.29. The van der Waals surface area contributed by atoms with E-state index in [1.54, 1.807) is 0 Å². The number of nitrogens with zero attached hydrogens (tertiary/aromatic N) is 1. The highest BCUT2D eigenvalue weighted by atomic mass is 15.2. The zero-order chi connectivity index (χ0) is 8.27. The van der Waals surface area contributed by atoms with E-state index in [0.29, 0.717) is 12.1 Å². The standard InChI is InChI=1S/C8H19N3/c1-9-7-4-8(10-2)6-11(3)5-7/h7-10H,4-6H2,1-3H3/t7-,8+. The number of piperidine rings is 1. The van der Waals surface area contributed by atoms with Crippen molar-refractivity contribution in [1.29, 1.82) is 0 Å². The molecule has 0 aromatic rings. The maximum atomic E-state index is 3.32. The van der Waals surface area contributed by atoms with Crippen LogP contribution in [0.4, 0.5) is 0 Å². The maximum Gasteiger partial charge on any atom is 0.0207 e. The summed E-state index contributed by atoms with van der Waals surface area (Å²) in [6.45, 7) is 2.35. The Hall–Kier alpha value is -0.120. The lowest BCUT2D eigenvalue weighted by molar-refractivity contribution is 0.196. The number of likely N-dealkylation sites (N-methyl/N-ethyl adjacent to an activating group) is 3. The summed E-state index contributed by atoms with van der Waals surface area (Å²) in [5.74, 6) is 0. The van der Waals surface area contributed by atoms with E-state index in [1.807, 2.05) is 14.1 Å². The quantitative estimate of drug-likeness (QED) is 0.566. The van der Waals surface area contributed by atoms with Gasteiger partial charge in [-0.25, -0.2) is 0 Å². The fourth-order valence-electron chi connectivity index (χ4n) is 1.74. The lowest BCUT2D eigenvalue weighted by atomic mass is 10.0. The molecule has 0 radical (unpaired) electrons. The second-order valence-corrected chi connectivity index (χ2v) is 3.43. The summed E-state index contributed by atoms with van der Waals surface area (Å²) in [4.78, 5) is 2.37. The van der Waals surface area contributed by atoms with Gasteiger partial charge >= 0.3 is 0 Å². The van der Waals surface area contributed by atoms with Gasteiger partial charge in [0.2, 0.25) is 0 Å². The van der Waals surface area contributed by atoms with Crippen LogP contribution in [0.25, 0.3) is 0 Å². The van der Waals surface area contributed by atoms with Gasteiger partial charge in [-0.2, -0.15) is 0 Å². The second-order valence-electron chi connectivity index (χ2n) is 3.43. The average Bonchev–Trinajstić information content (AvgIpc) is 2.03. The van der Waals surface area contributed by atoms with Crippen LogP contribution in [-0.2, 0) is 0 Å². The van der Waals surface area contributed by atoms with E-state index >= 15 is 0 Å². The minimum Gasteiger partial charge on any atom is -0.316 e. The normalized spacial score (nSPS) is 34.1. The van der Waals surface area contributed by atoms with Crippen molar-refractivity contribution in [3.05, 3.63) is 0 Å². The highest BCUT2D eigenvalue weighted by Gasteiger charge is 2.22. The van der Waals surface area contributed by atoms with E-state index in [0.717, 1.165) is 0 Å². The van der Waals surface area contributed by atoms with Crippen molar-refractivity contribution in [1.82, 2.24) is 15.5 Å². The molecule has 0 aromatic carbocycles. The Labute approximate surface area is 69.1 Å². The highest BCUT2D eigenvalue weighted by molar-refractivity contribution is 4.84. The van der Waals surface area contributed by atoms with E-state index < -0.39 is 0 Å². The number of nitrogens with one attached hydrogen (secondary N) is 2. The van der Waals surface area contributed by atoms with Crippen LogP contribution in [0.1, 0.15) is 6.42 Å². The Morgan fingerprint density at radius 1 is 1.09 bits per heavy atom. The van der Waals surface area contributed by atoms with E-state index in [4.69, 9.17) is 0 Å². The minimum atomic E-state index is 0.659. The zero-order valence-corrected chi connectivity index (χ0v) is 7.72. The molecule has 1 rings (SSSR count). The molecule has 1 aliphatic rings. The van der Waals surface area contributed by atoms with Gasteiger partial charge in [0.1, 0.15) is 0 Å².